The standard InChI is InChI=1S/2C18H16FN3O5.C6H6/c2*1-24-14-8-3-11(9-15(14)25-2)17-18(22-27-21-17)20-16(23)10-26-13-6-4-12(19)5-7-13;1-2-4-6-5-3-1/h2*3-9H,10H2,1-2H3,(H,20,22,23);1-6H. The number of aromatic nitrogens is 4. The molecule has 18 heteroatoms. The molecule has 0 unspecified atom stereocenters. The summed E-state index contributed by atoms with van der Waals surface area (Å²) in [5, 5.41) is 20.2. The maximum absolute atomic E-state index is 12.9. The van der Waals surface area contributed by atoms with Crippen LogP contribution in [-0.2, 0) is 9.59 Å². The molecular weight excluding hydrogens is 786 g/mol. The van der Waals surface area contributed by atoms with Gasteiger partial charge < -0.3 is 39.1 Å². The molecule has 0 aliphatic rings. The molecule has 7 rings (SSSR count). The lowest BCUT2D eigenvalue weighted by Gasteiger charge is -2.09. The van der Waals surface area contributed by atoms with Crippen LogP contribution in [0, 0.1) is 11.6 Å². The summed E-state index contributed by atoms with van der Waals surface area (Å²) in [5.41, 5.74) is 1.88. The summed E-state index contributed by atoms with van der Waals surface area (Å²) in [6.07, 6.45) is 0. The van der Waals surface area contributed by atoms with Gasteiger partial charge in [0.15, 0.2) is 47.6 Å². The van der Waals surface area contributed by atoms with Crippen LogP contribution in [0.15, 0.2) is 131 Å². The van der Waals surface area contributed by atoms with Crippen molar-refractivity contribution in [2.24, 2.45) is 0 Å². The largest absolute Gasteiger partial charge is 0.493 e. The Balaban J connectivity index is 0.000000199. The molecule has 0 bridgehead atoms. The van der Waals surface area contributed by atoms with Crippen LogP contribution >= 0.6 is 0 Å². The SMILES string of the molecule is COc1ccc(-c2nonc2NC(=O)COc2ccc(F)cc2)cc1OC.COc1ccc(-c2nonc2NC(=O)COc2ccc(F)cc2)cc1OC.c1ccccc1. The van der Waals surface area contributed by atoms with Gasteiger partial charge in [-0.05, 0) is 106 Å². The number of nitrogens with one attached hydrogen (secondary N) is 2. The van der Waals surface area contributed by atoms with Gasteiger partial charge in [-0.1, -0.05) is 36.4 Å². The average Bonchev–Trinajstić information content (AvgIpc) is 3.96. The Labute approximate surface area is 341 Å². The lowest BCUT2D eigenvalue weighted by molar-refractivity contribution is -0.118. The van der Waals surface area contributed by atoms with Crippen molar-refractivity contribution in [3.05, 3.63) is 133 Å². The lowest BCUT2D eigenvalue weighted by Crippen LogP contribution is -2.20. The molecule has 7 aromatic rings. The van der Waals surface area contributed by atoms with Gasteiger partial charge in [-0.15, -0.1) is 0 Å². The molecule has 0 radical (unpaired) electrons. The number of nitrogens with zero attached hydrogens (tertiary/aromatic N) is 4. The van der Waals surface area contributed by atoms with Crippen molar-refractivity contribution in [2.75, 3.05) is 52.3 Å². The molecule has 310 valence electrons. The Morgan fingerprint density at radius 3 is 1.18 bits per heavy atom. The minimum absolute atomic E-state index is 0.134. The Hall–Kier alpha value is -8.02. The van der Waals surface area contributed by atoms with Crippen molar-refractivity contribution in [3.63, 3.8) is 0 Å². The number of benzene rings is 5. The number of amides is 2. The summed E-state index contributed by atoms with van der Waals surface area (Å²) in [7, 11) is 6.08. The van der Waals surface area contributed by atoms with Crippen molar-refractivity contribution in [1.82, 2.24) is 20.6 Å². The van der Waals surface area contributed by atoms with Crippen LogP contribution in [0.4, 0.5) is 20.4 Å². The molecule has 0 fully saturated rings. The molecule has 0 aliphatic heterocycles. The Bertz CT molecular complexity index is 2230. The topological polar surface area (TPSA) is 191 Å². The van der Waals surface area contributed by atoms with E-state index in [2.05, 4.69) is 31.3 Å². The van der Waals surface area contributed by atoms with E-state index in [-0.39, 0.29) is 36.5 Å². The molecule has 2 heterocycles. The van der Waals surface area contributed by atoms with Crippen molar-refractivity contribution in [1.29, 1.82) is 0 Å². The zero-order chi connectivity index (χ0) is 42.7. The van der Waals surface area contributed by atoms with Crippen LogP contribution in [0.2, 0.25) is 0 Å². The average molecular weight is 825 g/mol. The summed E-state index contributed by atoms with van der Waals surface area (Å²) in [6.45, 7) is -0.576. The summed E-state index contributed by atoms with van der Waals surface area (Å²) < 4.78 is 66.7. The maximum atomic E-state index is 12.9. The smallest absolute Gasteiger partial charge is 0.263 e. The third-order valence-electron chi connectivity index (χ3n) is 7.84. The van der Waals surface area contributed by atoms with E-state index < -0.39 is 11.8 Å². The minimum Gasteiger partial charge on any atom is -0.493 e. The summed E-state index contributed by atoms with van der Waals surface area (Å²) >= 11 is 0. The number of carbonyl (C=O) groups is 2. The number of anilines is 2. The van der Waals surface area contributed by atoms with Crippen LogP contribution < -0.4 is 39.1 Å². The molecule has 0 saturated carbocycles. The molecular formula is C42H38F2N6O10. The van der Waals surface area contributed by atoms with Gasteiger partial charge in [0.05, 0.1) is 28.4 Å². The second-order valence-electron chi connectivity index (χ2n) is 11.8. The van der Waals surface area contributed by atoms with E-state index in [4.69, 9.17) is 37.7 Å². The zero-order valence-corrected chi connectivity index (χ0v) is 32.6. The molecule has 2 amide bonds. The Morgan fingerprint density at radius 1 is 0.500 bits per heavy atom. The van der Waals surface area contributed by atoms with Gasteiger partial charge in [-0.2, -0.15) is 0 Å². The monoisotopic (exact) mass is 824 g/mol. The third kappa shape index (κ3) is 12.5. The number of rotatable bonds is 14. The zero-order valence-electron chi connectivity index (χ0n) is 32.6. The number of ether oxygens (including phenoxy) is 6. The van der Waals surface area contributed by atoms with Gasteiger partial charge in [-0.25, -0.2) is 18.0 Å². The second-order valence-corrected chi connectivity index (χ2v) is 11.8. The highest BCUT2D eigenvalue weighted by atomic mass is 19.1. The molecule has 2 aromatic heterocycles. The van der Waals surface area contributed by atoms with Crippen LogP contribution in [0.25, 0.3) is 22.5 Å². The van der Waals surface area contributed by atoms with Crippen molar-refractivity contribution in [3.8, 4) is 57.0 Å². The van der Waals surface area contributed by atoms with Gasteiger partial charge in [0.1, 0.15) is 23.1 Å². The maximum Gasteiger partial charge on any atom is 0.263 e. The summed E-state index contributed by atoms with van der Waals surface area (Å²) in [4.78, 5) is 24.2. The van der Waals surface area contributed by atoms with Crippen LogP contribution in [0.5, 0.6) is 34.5 Å². The minimum atomic E-state index is -0.475. The first-order valence-electron chi connectivity index (χ1n) is 17.7. The number of methoxy groups -OCH3 is 4. The number of hydrogen-bond acceptors (Lipinski definition) is 14. The van der Waals surface area contributed by atoms with Gasteiger partial charge >= 0.3 is 0 Å². The first-order valence-corrected chi connectivity index (χ1v) is 17.7. The van der Waals surface area contributed by atoms with Gasteiger partial charge in [-0.3, -0.25) is 9.59 Å². The van der Waals surface area contributed by atoms with Crippen molar-refractivity contribution in [2.45, 2.75) is 0 Å². The van der Waals surface area contributed by atoms with E-state index in [0.29, 0.717) is 57.0 Å². The van der Waals surface area contributed by atoms with Gasteiger partial charge in [0.2, 0.25) is 11.6 Å². The summed E-state index contributed by atoms with van der Waals surface area (Å²) in [6, 6.07) is 32.9. The van der Waals surface area contributed by atoms with E-state index in [9.17, 15) is 18.4 Å². The Kier molecular flexibility index (Phi) is 15.8. The van der Waals surface area contributed by atoms with E-state index in [1.165, 1.54) is 77.0 Å². The highest BCUT2D eigenvalue weighted by Gasteiger charge is 2.19. The first-order chi connectivity index (χ1) is 29.2. The van der Waals surface area contributed by atoms with Crippen LogP contribution in [0.1, 0.15) is 0 Å². The Morgan fingerprint density at radius 2 is 0.850 bits per heavy atom. The van der Waals surface area contributed by atoms with Crippen molar-refractivity contribution < 1.29 is 56.0 Å². The molecule has 60 heavy (non-hydrogen) atoms. The quantitative estimate of drug-likeness (QED) is 0.110. The molecule has 0 aliphatic carbocycles. The molecule has 2 N–H and O–H groups in total. The van der Waals surface area contributed by atoms with E-state index in [1.54, 1.807) is 36.4 Å². The fourth-order valence-corrected chi connectivity index (χ4v) is 4.97. The number of carbonyl (C=O) groups excluding carboxylic acids is 2. The normalized spacial score (nSPS) is 10.1. The van der Waals surface area contributed by atoms with E-state index in [1.807, 2.05) is 36.4 Å². The fraction of sp³-hybridized carbons (Fsp3) is 0.143. The highest BCUT2D eigenvalue weighted by Crippen LogP contribution is 2.35. The van der Waals surface area contributed by atoms with Gasteiger partial charge in [0.25, 0.3) is 11.8 Å². The van der Waals surface area contributed by atoms with E-state index in [0.717, 1.165) is 0 Å². The molecule has 0 saturated heterocycles. The predicted molar refractivity (Wildman–Crippen MR) is 213 cm³/mol. The van der Waals surface area contributed by atoms with Gasteiger partial charge in [0, 0.05) is 11.1 Å². The molecule has 5 aromatic carbocycles. The van der Waals surface area contributed by atoms with Crippen molar-refractivity contribution >= 4 is 23.5 Å². The molecule has 16 nitrogen and oxygen atoms in total. The van der Waals surface area contributed by atoms with Crippen LogP contribution in [-0.4, -0.2) is 74.1 Å². The van der Waals surface area contributed by atoms with Crippen LogP contribution in [0.3, 0.4) is 0 Å². The number of halogens is 2. The highest BCUT2D eigenvalue weighted by molar-refractivity contribution is 5.95. The summed E-state index contributed by atoms with van der Waals surface area (Å²) in [5.74, 6) is 1.37. The molecule has 0 atom stereocenters. The predicted octanol–water partition coefficient (Wildman–Crippen LogP) is 7.51. The molecule has 0 spiro atoms. The fourth-order valence-electron chi connectivity index (χ4n) is 4.97. The van der Waals surface area contributed by atoms with E-state index >= 15 is 0 Å². The third-order valence-corrected chi connectivity index (χ3v) is 7.84. The lowest BCUT2D eigenvalue weighted by atomic mass is 10.1. The first kappa shape index (κ1) is 43.1. The number of hydrogen-bond donors (Lipinski definition) is 2. The second kappa shape index (κ2) is 22.1.